The van der Waals surface area contributed by atoms with Crippen molar-refractivity contribution in [2.24, 2.45) is 4.99 Å². The van der Waals surface area contributed by atoms with Gasteiger partial charge in [0.25, 0.3) is 0 Å². The van der Waals surface area contributed by atoms with Crippen molar-refractivity contribution in [1.82, 2.24) is 14.8 Å². The molecule has 0 fully saturated rings. The summed E-state index contributed by atoms with van der Waals surface area (Å²) in [4.78, 5) is 4.63. The fourth-order valence-electron chi connectivity index (χ4n) is 3.40. The first kappa shape index (κ1) is 18.9. The van der Waals surface area contributed by atoms with Crippen molar-refractivity contribution in [2.75, 3.05) is 0 Å². The van der Waals surface area contributed by atoms with E-state index < -0.39 is 11.7 Å². The summed E-state index contributed by atoms with van der Waals surface area (Å²) in [7, 11) is 0. The summed E-state index contributed by atoms with van der Waals surface area (Å²) < 4.78 is 40.7. The van der Waals surface area contributed by atoms with E-state index in [0.717, 1.165) is 29.9 Å². The molecule has 0 aliphatic carbocycles. The highest BCUT2D eigenvalue weighted by Crippen LogP contribution is 2.31. The van der Waals surface area contributed by atoms with Gasteiger partial charge in [0.15, 0.2) is 5.82 Å². The van der Waals surface area contributed by atoms with E-state index in [1.807, 2.05) is 11.5 Å². The summed E-state index contributed by atoms with van der Waals surface area (Å²) in [5.74, 6) is 1.40. The second-order valence-electron chi connectivity index (χ2n) is 6.70. The largest absolute Gasteiger partial charge is 0.416 e. The molecule has 1 aromatic heterocycles. The van der Waals surface area contributed by atoms with Gasteiger partial charge in [0.1, 0.15) is 12.4 Å². The minimum atomic E-state index is -4.40. The topological polar surface area (TPSA) is 66.9 Å². The normalized spacial score (nSPS) is 13.1. The Morgan fingerprint density at radius 2 is 1.86 bits per heavy atom. The molecule has 1 aliphatic rings. The van der Waals surface area contributed by atoms with Crippen LogP contribution < -0.4 is 0 Å². The Hall–Kier alpha value is -3.47. The predicted octanol–water partition coefficient (Wildman–Crippen LogP) is 4.46. The van der Waals surface area contributed by atoms with Gasteiger partial charge < -0.3 is 0 Å². The lowest BCUT2D eigenvalue weighted by atomic mass is 9.98. The van der Waals surface area contributed by atoms with Gasteiger partial charge >= 0.3 is 6.18 Å². The third-order valence-corrected chi connectivity index (χ3v) is 4.76. The Morgan fingerprint density at radius 1 is 1.10 bits per heavy atom. The number of nitriles is 1. The van der Waals surface area contributed by atoms with Crippen LogP contribution >= 0.6 is 0 Å². The number of hydrogen-bond donors (Lipinski definition) is 0. The molecule has 5 nitrogen and oxygen atoms in total. The summed E-state index contributed by atoms with van der Waals surface area (Å²) in [6.07, 6.45) is -2.82. The molecule has 0 unspecified atom stereocenters. The Morgan fingerprint density at radius 3 is 2.52 bits per heavy atom. The Bertz CT molecular complexity index is 1130. The van der Waals surface area contributed by atoms with Gasteiger partial charge in [0, 0.05) is 17.5 Å². The molecule has 0 saturated carbocycles. The number of aryl methyl sites for hydroxylation is 1. The number of aromatic nitrogens is 3. The third-order valence-electron chi connectivity index (χ3n) is 4.76. The molecule has 29 heavy (non-hydrogen) atoms. The maximum atomic E-state index is 12.9. The minimum Gasteiger partial charge on any atom is -0.281 e. The van der Waals surface area contributed by atoms with Crippen molar-refractivity contribution in [3.8, 4) is 11.8 Å². The summed E-state index contributed by atoms with van der Waals surface area (Å²) in [5.41, 5.74) is 2.33. The van der Waals surface area contributed by atoms with Crippen molar-refractivity contribution in [2.45, 2.75) is 32.5 Å². The number of nitrogens with zero attached hydrogens (tertiary/aromatic N) is 5. The van der Waals surface area contributed by atoms with E-state index in [4.69, 9.17) is 0 Å². The van der Waals surface area contributed by atoms with Crippen LogP contribution in [0.15, 0.2) is 47.5 Å². The molecule has 4 rings (SSSR count). The number of hydrogen-bond acceptors (Lipinski definition) is 4. The molecule has 0 N–H and O–H groups in total. The number of halogens is 3. The van der Waals surface area contributed by atoms with E-state index in [0.29, 0.717) is 34.8 Å². The highest BCUT2D eigenvalue weighted by molar-refractivity contribution is 6.15. The quantitative estimate of drug-likeness (QED) is 0.658. The van der Waals surface area contributed by atoms with E-state index in [2.05, 4.69) is 21.3 Å². The van der Waals surface area contributed by atoms with Crippen LogP contribution in [0, 0.1) is 11.3 Å². The van der Waals surface area contributed by atoms with Gasteiger partial charge in [-0.3, -0.25) is 9.56 Å². The van der Waals surface area contributed by atoms with E-state index in [1.54, 1.807) is 18.2 Å². The van der Waals surface area contributed by atoms with Crippen molar-refractivity contribution in [3.05, 3.63) is 76.4 Å². The van der Waals surface area contributed by atoms with Crippen LogP contribution in [0.4, 0.5) is 13.2 Å². The van der Waals surface area contributed by atoms with Crippen molar-refractivity contribution in [1.29, 1.82) is 5.26 Å². The average Bonchev–Trinajstić information content (AvgIpc) is 3.03. The van der Waals surface area contributed by atoms with Gasteiger partial charge in [-0.25, -0.2) is 0 Å². The molecule has 146 valence electrons. The van der Waals surface area contributed by atoms with Crippen LogP contribution in [0.5, 0.6) is 0 Å². The summed E-state index contributed by atoms with van der Waals surface area (Å²) >= 11 is 0. The van der Waals surface area contributed by atoms with Crippen LogP contribution in [0.1, 0.15) is 47.2 Å². The fraction of sp³-hybridized carbons (Fsp3) is 0.238. The van der Waals surface area contributed by atoms with Crippen molar-refractivity contribution < 1.29 is 13.2 Å². The molecule has 1 aliphatic heterocycles. The fourth-order valence-corrected chi connectivity index (χ4v) is 3.40. The molecule has 0 radical (unpaired) electrons. The van der Waals surface area contributed by atoms with Gasteiger partial charge in [-0.15, -0.1) is 10.2 Å². The summed E-state index contributed by atoms with van der Waals surface area (Å²) in [5, 5.41) is 17.8. The number of fused-ring (bicyclic) bond motifs is 3. The van der Waals surface area contributed by atoms with Crippen LogP contribution in [-0.2, 0) is 19.1 Å². The van der Waals surface area contributed by atoms with Gasteiger partial charge in [0.2, 0.25) is 0 Å². The number of aliphatic imine (C=N–C) groups is 1. The van der Waals surface area contributed by atoms with E-state index in [-0.39, 0.29) is 6.54 Å². The molecule has 0 bridgehead atoms. The Kier molecular flexibility index (Phi) is 4.66. The molecule has 8 heteroatoms. The molecule has 0 saturated heterocycles. The van der Waals surface area contributed by atoms with Gasteiger partial charge in [0.05, 0.1) is 28.6 Å². The number of alkyl halides is 3. The number of benzene rings is 2. The second kappa shape index (κ2) is 7.17. The summed E-state index contributed by atoms with van der Waals surface area (Å²) in [6.45, 7) is 2.28. The lowest BCUT2D eigenvalue weighted by molar-refractivity contribution is -0.137. The average molecular weight is 395 g/mol. The first-order chi connectivity index (χ1) is 13.9. The molecule has 0 atom stereocenters. The van der Waals surface area contributed by atoms with E-state index in [9.17, 15) is 18.4 Å². The van der Waals surface area contributed by atoms with Crippen LogP contribution in [-0.4, -0.2) is 20.5 Å². The molecule has 3 aromatic rings. The lowest BCUT2D eigenvalue weighted by Gasteiger charge is -2.14. The maximum Gasteiger partial charge on any atom is 0.416 e. The molecular formula is C21H16F3N5. The smallest absolute Gasteiger partial charge is 0.281 e. The van der Waals surface area contributed by atoms with Gasteiger partial charge in [-0.2, -0.15) is 18.4 Å². The predicted molar refractivity (Wildman–Crippen MR) is 101 cm³/mol. The van der Waals surface area contributed by atoms with Gasteiger partial charge in [-0.1, -0.05) is 19.1 Å². The maximum absolute atomic E-state index is 12.9. The minimum absolute atomic E-state index is 0.240. The first-order valence-electron chi connectivity index (χ1n) is 9.12. The Labute approximate surface area is 165 Å². The number of rotatable bonds is 3. The first-order valence-corrected chi connectivity index (χ1v) is 9.12. The monoisotopic (exact) mass is 395 g/mol. The van der Waals surface area contributed by atoms with E-state index in [1.165, 1.54) is 12.1 Å². The molecule has 2 heterocycles. The molecule has 2 aromatic carbocycles. The van der Waals surface area contributed by atoms with Crippen LogP contribution in [0.2, 0.25) is 0 Å². The zero-order valence-electron chi connectivity index (χ0n) is 15.5. The standard InChI is InChI=1S/C21H16F3N5/c1-2-3-18-27-28-19-12-26-20(14-5-7-15(8-6-14)21(22,23)24)16-9-4-13(11-25)10-17(16)29(18)19/h4-10H,2-3,12H2,1H3. The highest BCUT2D eigenvalue weighted by atomic mass is 19.4. The van der Waals surface area contributed by atoms with Crippen LogP contribution in [0.25, 0.3) is 5.69 Å². The van der Waals surface area contributed by atoms with Crippen molar-refractivity contribution >= 4 is 5.71 Å². The Balaban J connectivity index is 1.88. The van der Waals surface area contributed by atoms with Crippen LogP contribution in [0.3, 0.4) is 0 Å². The second-order valence-corrected chi connectivity index (χ2v) is 6.70. The zero-order chi connectivity index (χ0) is 20.6. The van der Waals surface area contributed by atoms with E-state index >= 15 is 0 Å². The molecule has 0 spiro atoms. The van der Waals surface area contributed by atoms with Gasteiger partial charge in [-0.05, 0) is 36.8 Å². The third kappa shape index (κ3) is 3.40. The lowest BCUT2D eigenvalue weighted by Crippen LogP contribution is -2.11. The zero-order valence-corrected chi connectivity index (χ0v) is 15.5. The van der Waals surface area contributed by atoms with Crippen molar-refractivity contribution in [3.63, 3.8) is 0 Å². The summed E-state index contributed by atoms with van der Waals surface area (Å²) in [6, 6.07) is 12.3. The molecule has 0 amide bonds. The molecular weight excluding hydrogens is 379 g/mol. The SMILES string of the molecule is CCCc1nnc2n1-c1cc(C#N)ccc1C(c1ccc(C(F)(F)F)cc1)=NC2. The highest BCUT2D eigenvalue weighted by Gasteiger charge is 2.30.